The highest BCUT2D eigenvalue weighted by Crippen LogP contribution is 2.17. The summed E-state index contributed by atoms with van der Waals surface area (Å²) in [5.74, 6) is 0.0238. The number of anilines is 1. The molecule has 0 atom stereocenters. The predicted molar refractivity (Wildman–Crippen MR) is 86.7 cm³/mol. The highest BCUT2D eigenvalue weighted by molar-refractivity contribution is 5.90. The van der Waals surface area contributed by atoms with Gasteiger partial charge in [0.2, 0.25) is 5.91 Å². The van der Waals surface area contributed by atoms with Gasteiger partial charge in [-0.3, -0.25) is 9.36 Å². The molecule has 3 aromatic rings. The summed E-state index contributed by atoms with van der Waals surface area (Å²) in [6.07, 6.45) is 0.167. The van der Waals surface area contributed by atoms with Gasteiger partial charge in [-0.25, -0.2) is 4.79 Å². The number of rotatable bonds is 5. The van der Waals surface area contributed by atoms with Crippen LogP contribution in [0.4, 0.5) is 5.69 Å². The third kappa shape index (κ3) is 3.26. The maximum Gasteiger partial charge on any atom is 0.419 e. The number of ether oxygens (including phenoxy) is 1. The average molecular weight is 312 g/mol. The van der Waals surface area contributed by atoms with E-state index in [0.717, 1.165) is 0 Å². The molecule has 1 heterocycles. The largest absolute Gasteiger partial charge is 0.497 e. The molecule has 0 radical (unpaired) electrons. The van der Waals surface area contributed by atoms with Crippen LogP contribution < -0.4 is 15.8 Å². The number of para-hydroxylation sites is 2. The van der Waals surface area contributed by atoms with Crippen molar-refractivity contribution in [3.8, 4) is 5.75 Å². The van der Waals surface area contributed by atoms with Gasteiger partial charge in [-0.2, -0.15) is 0 Å². The fraction of sp³-hybridized carbons (Fsp3) is 0.176. The van der Waals surface area contributed by atoms with Gasteiger partial charge in [-0.05, 0) is 24.3 Å². The zero-order valence-electron chi connectivity index (χ0n) is 12.6. The lowest BCUT2D eigenvalue weighted by molar-refractivity contribution is -0.116. The maximum atomic E-state index is 12.1. The first kappa shape index (κ1) is 14.9. The number of hydrogen-bond donors (Lipinski definition) is 1. The smallest absolute Gasteiger partial charge is 0.419 e. The number of nitrogens with zero attached hydrogens (tertiary/aromatic N) is 1. The molecule has 1 amide bonds. The molecule has 23 heavy (non-hydrogen) atoms. The standard InChI is InChI=1S/C17H16N2O4/c1-22-13-6-4-5-12(11-13)18-16(20)9-10-19-14-7-2-3-8-15(14)23-17(19)21/h2-8,11H,9-10H2,1H3,(H,18,20). The first-order chi connectivity index (χ1) is 11.2. The summed E-state index contributed by atoms with van der Waals surface area (Å²) < 4.78 is 11.7. The number of nitrogens with one attached hydrogen (secondary N) is 1. The molecule has 3 rings (SSSR count). The number of hydrogen-bond acceptors (Lipinski definition) is 4. The number of carbonyl (C=O) groups is 1. The summed E-state index contributed by atoms with van der Waals surface area (Å²) in [4.78, 5) is 23.9. The summed E-state index contributed by atoms with van der Waals surface area (Å²) in [6, 6.07) is 14.2. The lowest BCUT2D eigenvalue weighted by Crippen LogP contribution is -2.19. The lowest BCUT2D eigenvalue weighted by Gasteiger charge is -2.07. The van der Waals surface area contributed by atoms with Gasteiger partial charge in [0, 0.05) is 24.7 Å². The van der Waals surface area contributed by atoms with Gasteiger partial charge < -0.3 is 14.5 Å². The Morgan fingerprint density at radius 2 is 2.04 bits per heavy atom. The van der Waals surface area contributed by atoms with Crippen molar-refractivity contribution in [3.05, 3.63) is 59.1 Å². The van der Waals surface area contributed by atoms with Crippen LogP contribution in [-0.2, 0) is 11.3 Å². The zero-order chi connectivity index (χ0) is 16.2. The summed E-state index contributed by atoms with van der Waals surface area (Å²) in [7, 11) is 1.57. The Hall–Kier alpha value is -3.02. The highest BCUT2D eigenvalue weighted by Gasteiger charge is 2.10. The molecule has 0 spiro atoms. The van der Waals surface area contributed by atoms with E-state index in [1.54, 1.807) is 49.6 Å². The van der Waals surface area contributed by atoms with E-state index in [-0.39, 0.29) is 18.9 Å². The Morgan fingerprint density at radius 3 is 2.87 bits per heavy atom. The number of carbonyl (C=O) groups excluding carboxylic acids is 1. The van der Waals surface area contributed by atoms with E-state index in [1.807, 2.05) is 6.07 Å². The molecule has 0 saturated carbocycles. The fourth-order valence-corrected chi connectivity index (χ4v) is 2.36. The SMILES string of the molecule is COc1cccc(NC(=O)CCn2c(=O)oc3ccccc32)c1. The predicted octanol–water partition coefficient (Wildman–Crippen LogP) is 2.63. The molecule has 1 aromatic heterocycles. The van der Waals surface area contributed by atoms with Crippen molar-refractivity contribution in [1.29, 1.82) is 0 Å². The van der Waals surface area contributed by atoms with E-state index in [0.29, 0.717) is 22.5 Å². The summed E-state index contributed by atoms with van der Waals surface area (Å²) in [6.45, 7) is 0.256. The second-order valence-corrected chi connectivity index (χ2v) is 5.02. The van der Waals surface area contributed by atoms with Crippen molar-refractivity contribution in [3.63, 3.8) is 0 Å². The first-order valence-corrected chi connectivity index (χ1v) is 7.19. The van der Waals surface area contributed by atoms with Gasteiger partial charge in [0.15, 0.2) is 5.58 Å². The minimum Gasteiger partial charge on any atom is -0.497 e. The van der Waals surface area contributed by atoms with E-state index >= 15 is 0 Å². The third-order valence-corrected chi connectivity index (χ3v) is 3.49. The summed E-state index contributed by atoms with van der Waals surface area (Å²) >= 11 is 0. The number of amides is 1. The van der Waals surface area contributed by atoms with Crippen molar-refractivity contribution in [1.82, 2.24) is 4.57 Å². The topological polar surface area (TPSA) is 73.5 Å². The Labute approximate surface area is 132 Å². The minimum atomic E-state index is -0.458. The maximum absolute atomic E-state index is 12.1. The Bertz CT molecular complexity index is 895. The van der Waals surface area contributed by atoms with Gasteiger partial charge in [0.05, 0.1) is 12.6 Å². The van der Waals surface area contributed by atoms with Crippen molar-refractivity contribution in [2.24, 2.45) is 0 Å². The number of oxazole rings is 1. The summed E-state index contributed by atoms with van der Waals surface area (Å²) in [5, 5.41) is 2.78. The fourth-order valence-electron chi connectivity index (χ4n) is 2.36. The van der Waals surface area contributed by atoms with E-state index in [1.165, 1.54) is 4.57 Å². The molecular weight excluding hydrogens is 296 g/mol. The van der Waals surface area contributed by atoms with Crippen LogP contribution in [-0.4, -0.2) is 17.6 Å². The second kappa shape index (κ2) is 6.39. The Kier molecular flexibility index (Phi) is 4.14. The molecule has 0 bridgehead atoms. The molecule has 0 aliphatic rings. The lowest BCUT2D eigenvalue weighted by atomic mass is 10.3. The van der Waals surface area contributed by atoms with Gasteiger partial charge >= 0.3 is 5.76 Å². The van der Waals surface area contributed by atoms with Crippen LogP contribution in [0, 0.1) is 0 Å². The molecule has 0 unspecified atom stereocenters. The van der Waals surface area contributed by atoms with Crippen LogP contribution in [0.5, 0.6) is 5.75 Å². The molecule has 118 valence electrons. The number of aryl methyl sites for hydroxylation is 1. The second-order valence-electron chi connectivity index (χ2n) is 5.02. The summed E-state index contributed by atoms with van der Waals surface area (Å²) in [5.41, 5.74) is 1.86. The van der Waals surface area contributed by atoms with Crippen LogP contribution in [0.1, 0.15) is 6.42 Å². The van der Waals surface area contributed by atoms with Crippen LogP contribution in [0.25, 0.3) is 11.1 Å². The average Bonchev–Trinajstić information content (AvgIpc) is 2.88. The van der Waals surface area contributed by atoms with Gasteiger partial charge in [-0.1, -0.05) is 18.2 Å². The molecule has 0 saturated heterocycles. The van der Waals surface area contributed by atoms with Crippen molar-refractivity contribution >= 4 is 22.7 Å². The molecule has 0 aliphatic carbocycles. The van der Waals surface area contributed by atoms with Crippen molar-refractivity contribution in [2.75, 3.05) is 12.4 Å². The van der Waals surface area contributed by atoms with Crippen molar-refractivity contribution < 1.29 is 13.9 Å². The van der Waals surface area contributed by atoms with E-state index in [9.17, 15) is 9.59 Å². The van der Waals surface area contributed by atoms with Gasteiger partial charge in [0.1, 0.15) is 5.75 Å². The number of aromatic nitrogens is 1. The van der Waals surface area contributed by atoms with Gasteiger partial charge in [0.25, 0.3) is 0 Å². The van der Waals surface area contributed by atoms with E-state index in [4.69, 9.17) is 9.15 Å². The normalized spacial score (nSPS) is 10.7. The monoisotopic (exact) mass is 312 g/mol. The molecule has 1 N–H and O–H groups in total. The third-order valence-electron chi connectivity index (χ3n) is 3.49. The molecule has 6 heteroatoms. The molecule has 2 aromatic carbocycles. The quantitative estimate of drug-likeness (QED) is 0.786. The Balaban J connectivity index is 1.68. The van der Waals surface area contributed by atoms with Crippen LogP contribution >= 0.6 is 0 Å². The van der Waals surface area contributed by atoms with E-state index < -0.39 is 5.76 Å². The number of benzene rings is 2. The van der Waals surface area contributed by atoms with Gasteiger partial charge in [-0.15, -0.1) is 0 Å². The first-order valence-electron chi connectivity index (χ1n) is 7.19. The number of fused-ring (bicyclic) bond motifs is 1. The molecule has 6 nitrogen and oxygen atoms in total. The molecular formula is C17H16N2O4. The minimum absolute atomic E-state index is 0.167. The van der Waals surface area contributed by atoms with Crippen LogP contribution in [0.2, 0.25) is 0 Å². The Morgan fingerprint density at radius 1 is 1.22 bits per heavy atom. The zero-order valence-corrected chi connectivity index (χ0v) is 12.6. The van der Waals surface area contributed by atoms with Crippen molar-refractivity contribution in [2.45, 2.75) is 13.0 Å². The highest BCUT2D eigenvalue weighted by atomic mass is 16.5. The van der Waals surface area contributed by atoms with Crippen LogP contribution in [0.3, 0.4) is 0 Å². The molecule has 0 aliphatic heterocycles. The van der Waals surface area contributed by atoms with Crippen LogP contribution in [0.15, 0.2) is 57.7 Å². The number of methoxy groups -OCH3 is 1. The van der Waals surface area contributed by atoms with E-state index in [2.05, 4.69) is 5.32 Å². The molecule has 0 fully saturated rings.